The fourth-order valence-corrected chi connectivity index (χ4v) is 2.04. The van der Waals surface area contributed by atoms with Crippen LogP contribution >= 0.6 is 39.9 Å². The van der Waals surface area contributed by atoms with Gasteiger partial charge in [0, 0.05) is 22.4 Å². The van der Waals surface area contributed by atoms with Gasteiger partial charge in [-0.25, -0.2) is 9.98 Å². The number of hydrogen-bond donors (Lipinski definition) is 2. The Labute approximate surface area is 144 Å². The highest BCUT2D eigenvalue weighted by atomic mass is 127. The van der Waals surface area contributed by atoms with E-state index in [0.717, 1.165) is 15.8 Å². The minimum atomic E-state index is -0.0860. The fraction of sp³-hybridized carbons (Fsp3) is 0.385. The average Bonchev–Trinajstić information content (AvgIpc) is 2.66. The van der Waals surface area contributed by atoms with Gasteiger partial charge in [-0.05, 0) is 48.8 Å². The lowest BCUT2D eigenvalue weighted by Crippen LogP contribution is -2.44. The first kappa shape index (κ1) is 17.2. The molecule has 0 unspecified atom stereocenters. The van der Waals surface area contributed by atoms with Crippen molar-refractivity contribution in [3.63, 3.8) is 0 Å². The molecule has 2 rings (SSSR count). The van der Waals surface area contributed by atoms with Gasteiger partial charge in [0.1, 0.15) is 5.65 Å². The first-order valence-corrected chi connectivity index (χ1v) is 6.84. The smallest absolute Gasteiger partial charge is 0.189 e. The minimum Gasteiger partial charge on any atom is -0.370 e. The standard InChI is InChI=1S/C13H18BrN5.HI/c1-13(2,3)18-12(15)16-6-10-8-19-7-9(14)4-5-11(19)17-10;/h4-5,7-8H,6H2,1-3H3,(H3,15,16,18);1H. The largest absolute Gasteiger partial charge is 0.370 e. The quantitative estimate of drug-likeness (QED) is 0.419. The molecule has 20 heavy (non-hydrogen) atoms. The Balaban J connectivity index is 0.00000200. The molecule has 0 spiro atoms. The zero-order valence-corrected chi connectivity index (χ0v) is 15.6. The van der Waals surface area contributed by atoms with Crippen LogP contribution < -0.4 is 11.1 Å². The number of aromatic nitrogens is 2. The number of aliphatic imine (C=N–C) groups is 1. The average molecular weight is 452 g/mol. The fourth-order valence-electron chi connectivity index (χ4n) is 1.68. The molecule has 0 aliphatic carbocycles. The van der Waals surface area contributed by atoms with Crippen LogP contribution in [0.4, 0.5) is 0 Å². The van der Waals surface area contributed by atoms with Crippen molar-refractivity contribution in [2.75, 3.05) is 0 Å². The number of nitrogens with two attached hydrogens (primary N) is 1. The Hall–Kier alpha value is -0.830. The van der Waals surface area contributed by atoms with E-state index in [9.17, 15) is 0 Å². The summed E-state index contributed by atoms with van der Waals surface area (Å²) in [5.74, 6) is 0.436. The van der Waals surface area contributed by atoms with E-state index < -0.39 is 0 Å². The Morgan fingerprint density at radius 1 is 1.40 bits per heavy atom. The number of guanidine groups is 1. The molecule has 2 aromatic rings. The molecule has 3 N–H and O–H groups in total. The van der Waals surface area contributed by atoms with Crippen molar-refractivity contribution in [3.05, 3.63) is 34.7 Å². The number of pyridine rings is 1. The van der Waals surface area contributed by atoms with Crippen molar-refractivity contribution in [1.29, 1.82) is 0 Å². The van der Waals surface area contributed by atoms with Gasteiger partial charge in [0.05, 0.1) is 12.2 Å². The predicted octanol–water partition coefficient (Wildman–Crippen LogP) is 2.92. The second kappa shape index (κ2) is 6.75. The summed E-state index contributed by atoms with van der Waals surface area (Å²) in [4.78, 5) is 8.77. The van der Waals surface area contributed by atoms with Gasteiger partial charge in [-0.1, -0.05) is 0 Å². The second-order valence-corrected chi connectivity index (χ2v) is 6.34. The van der Waals surface area contributed by atoms with E-state index in [4.69, 9.17) is 5.73 Å². The lowest BCUT2D eigenvalue weighted by Gasteiger charge is -2.20. The zero-order chi connectivity index (χ0) is 14.0. The molecule has 2 heterocycles. The third kappa shape index (κ3) is 4.93. The normalized spacial score (nSPS) is 12.3. The lowest BCUT2D eigenvalue weighted by molar-refractivity contribution is 0.508. The summed E-state index contributed by atoms with van der Waals surface area (Å²) in [5.41, 5.74) is 7.52. The van der Waals surface area contributed by atoms with E-state index in [1.165, 1.54) is 0 Å². The van der Waals surface area contributed by atoms with Crippen LogP contribution in [0.25, 0.3) is 5.65 Å². The first-order valence-electron chi connectivity index (χ1n) is 6.05. The maximum Gasteiger partial charge on any atom is 0.189 e. The highest BCUT2D eigenvalue weighted by Crippen LogP contribution is 2.12. The number of hydrogen-bond acceptors (Lipinski definition) is 2. The summed E-state index contributed by atoms with van der Waals surface area (Å²) >= 11 is 3.43. The summed E-state index contributed by atoms with van der Waals surface area (Å²) in [6.45, 7) is 6.58. The molecule has 0 bridgehead atoms. The molecule has 0 aliphatic rings. The second-order valence-electron chi connectivity index (χ2n) is 5.42. The van der Waals surface area contributed by atoms with Crippen LogP contribution in [-0.2, 0) is 6.54 Å². The Kier molecular flexibility index (Phi) is 5.81. The van der Waals surface area contributed by atoms with E-state index in [2.05, 4.69) is 31.2 Å². The zero-order valence-electron chi connectivity index (χ0n) is 11.7. The number of halogens is 2. The monoisotopic (exact) mass is 451 g/mol. The Bertz CT molecular complexity index is 615. The Morgan fingerprint density at radius 2 is 2.10 bits per heavy atom. The lowest BCUT2D eigenvalue weighted by atomic mass is 10.1. The van der Waals surface area contributed by atoms with Crippen molar-refractivity contribution in [3.8, 4) is 0 Å². The molecular weight excluding hydrogens is 433 g/mol. The molecule has 0 saturated heterocycles. The van der Waals surface area contributed by atoms with Gasteiger partial charge in [-0.2, -0.15) is 0 Å². The molecule has 0 amide bonds. The van der Waals surface area contributed by atoms with Gasteiger partial charge < -0.3 is 15.5 Å². The first-order chi connectivity index (χ1) is 8.83. The maximum absolute atomic E-state index is 5.82. The van der Waals surface area contributed by atoms with E-state index in [-0.39, 0.29) is 29.5 Å². The van der Waals surface area contributed by atoms with E-state index >= 15 is 0 Å². The number of fused-ring (bicyclic) bond motifs is 1. The molecule has 110 valence electrons. The van der Waals surface area contributed by atoms with Crippen LogP contribution in [0, 0.1) is 0 Å². The number of nitrogens with one attached hydrogen (secondary N) is 1. The summed E-state index contributed by atoms with van der Waals surface area (Å²) in [5, 5.41) is 3.12. The van der Waals surface area contributed by atoms with Crippen LogP contribution in [0.1, 0.15) is 26.5 Å². The van der Waals surface area contributed by atoms with Crippen LogP contribution in [0.15, 0.2) is 34.0 Å². The highest BCUT2D eigenvalue weighted by molar-refractivity contribution is 14.0. The predicted molar refractivity (Wildman–Crippen MR) is 96.5 cm³/mol. The van der Waals surface area contributed by atoms with Crippen molar-refractivity contribution < 1.29 is 0 Å². The number of rotatable bonds is 2. The third-order valence-electron chi connectivity index (χ3n) is 2.38. The number of nitrogens with zero attached hydrogens (tertiary/aromatic N) is 3. The molecule has 0 aromatic carbocycles. The van der Waals surface area contributed by atoms with Gasteiger partial charge in [0.2, 0.25) is 0 Å². The Morgan fingerprint density at radius 3 is 2.75 bits per heavy atom. The van der Waals surface area contributed by atoms with Crippen molar-refractivity contribution >= 4 is 51.5 Å². The summed E-state index contributed by atoms with van der Waals surface area (Å²) in [6.07, 6.45) is 3.92. The minimum absolute atomic E-state index is 0. The van der Waals surface area contributed by atoms with Gasteiger partial charge in [0.25, 0.3) is 0 Å². The molecule has 0 atom stereocenters. The van der Waals surface area contributed by atoms with Gasteiger partial charge in [0.15, 0.2) is 5.96 Å². The highest BCUT2D eigenvalue weighted by Gasteiger charge is 2.09. The number of imidazole rings is 1. The van der Waals surface area contributed by atoms with Gasteiger partial charge in [-0.3, -0.25) is 0 Å². The molecule has 0 fully saturated rings. The molecule has 0 saturated carbocycles. The van der Waals surface area contributed by atoms with Crippen molar-refractivity contribution in [2.45, 2.75) is 32.9 Å². The summed E-state index contributed by atoms with van der Waals surface area (Å²) < 4.78 is 2.98. The van der Waals surface area contributed by atoms with Crippen LogP contribution in [0.2, 0.25) is 0 Å². The third-order valence-corrected chi connectivity index (χ3v) is 2.85. The topological polar surface area (TPSA) is 67.7 Å². The van der Waals surface area contributed by atoms with Gasteiger partial charge >= 0.3 is 0 Å². The van der Waals surface area contributed by atoms with Crippen molar-refractivity contribution in [1.82, 2.24) is 14.7 Å². The van der Waals surface area contributed by atoms with Crippen LogP contribution in [0.5, 0.6) is 0 Å². The van der Waals surface area contributed by atoms with Crippen LogP contribution in [-0.4, -0.2) is 20.9 Å². The molecule has 0 radical (unpaired) electrons. The van der Waals surface area contributed by atoms with Crippen molar-refractivity contribution in [2.24, 2.45) is 10.7 Å². The van der Waals surface area contributed by atoms with Gasteiger partial charge in [-0.15, -0.1) is 24.0 Å². The molecule has 5 nitrogen and oxygen atoms in total. The molecule has 7 heteroatoms. The molecular formula is C13H19BrIN5. The maximum atomic E-state index is 5.82. The summed E-state index contributed by atoms with van der Waals surface area (Å²) in [7, 11) is 0. The van der Waals surface area contributed by atoms with E-state index in [1.54, 1.807) is 0 Å². The van der Waals surface area contributed by atoms with E-state index in [0.29, 0.717) is 12.5 Å². The van der Waals surface area contributed by atoms with E-state index in [1.807, 2.05) is 49.7 Å². The molecule has 0 aliphatic heterocycles. The summed E-state index contributed by atoms with van der Waals surface area (Å²) in [6, 6.07) is 3.92. The molecule has 2 aromatic heterocycles. The van der Waals surface area contributed by atoms with Crippen LogP contribution in [0.3, 0.4) is 0 Å². The SMILES string of the molecule is CC(C)(C)NC(N)=NCc1cn2cc(Br)ccc2n1.I.